The van der Waals surface area contributed by atoms with Crippen LogP contribution in [0.4, 0.5) is 11.8 Å². The first-order valence-electron chi connectivity index (χ1n) is 12.8. The standard InChI is InChI=1S/C19H23N11O13P2/c20-11-5-12(23-1-22-11)29(2-24-5)15-7(31)10-18(40-15)39-4-44(34,35)42-9-8(32)17(38-3-45(36,37)43-10)41-16(9)30-13-6(27-28-30)14(33)26-19(21)25-13/h1-2,7-10,15-18,31-32H,3-4H2,(H,34,35)(H,36,37)(H2,20,22,23)(H3,21,25,26,33)/t7-,8+,9-,10+,15-,16-,17+,18+/m1/s1. The van der Waals surface area contributed by atoms with E-state index in [0.717, 1.165) is 11.0 Å². The van der Waals surface area contributed by atoms with Gasteiger partial charge in [-0.05, 0) is 0 Å². The lowest BCUT2D eigenvalue weighted by Crippen LogP contribution is -2.35. The lowest BCUT2D eigenvalue weighted by atomic mass is 10.2. The van der Waals surface area contributed by atoms with Gasteiger partial charge in [0.05, 0.1) is 6.33 Å². The van der Waals surface area contributed by atoms with Crippen molar-refractivity contribution in [3.8, 4) is 0 Å². The first-order valence-corrected chi connectivity index (χ1v) is 16.3. The predicted molar refractivity (Wildman–Crippen MR) is 141 cm³/mol. The summed E-state index contributed by atoms with van der Waals surface area (Å²) in [6.45, 7) is 0. The number of imidazole rings is 1. The second-order valence-corrected chi connectivity index (χ2v) is 13.5. The Morgan fingerprint density at radius 3 is 2.33 bits per heavy atom. The van der Waals surface area contributed by atoms with Crippen molar-refractivity contribution in [2.24, 2.45) is 0 Å². The van der Waals surface area contributed by atoms with E-state index in [-0.39, 0.29) is 34.1 Å². The highest BCUT2D eigenvalue weighted by Gasteiger charge is 2.54. The van der Waals surface area contributed by atoms with Gasteiger partial charge in [-0.2, -0.15) is 9.67 Å². The van der Waals surface area contributed by atoms with Crippen LogP contribution in [0.25, 0.3) is 22.3 Å². The highest BCUT2D eigenvalue weighted by atomic mass is 31.2. The topological polar surface area (TPSA) is 343 Å². The van der Waals surface area contributed by atoms with Gasteiger partial charge in [-0.3, -0.25) is 32.5 Å². The molecule has 3 aliphatic heterocycles. The van der Waals surface area contributed by atoms with E-state index in [2.05, 4.69) is 35.2 Å². The van der Waals surface area contributed by atoms with Crippen molar-refractivity contribution in [2.75, 3.05) is 24.2 Å². The number of nitrogen functional groups attached to an aromatic ring is 2. The maximum absolute atomic E-state index is 13.3. The second kappa shape index (κ2) is 10.8. The maximum Gasteiger partial charge on any atom is 0.354 e. The van der Waals surface area contributed by atoms with Crippen LogP contribution in [-0.2, 0) is 37.1 Å². The van der Waals surface area contributed by atoms with Gasteiger partial charge in [-0.15, -0.1) is 5.10 Å². The number of H-pyrrole nitrogens is 1. The molecule has 0 aromatic carbocycles. The van der Waals surface area contributed by atoms with E-state index in [4.69, 9.17) is 39.5 Å². The molecule has 9 N–H and O–H groups in total. The quantitative estimate of drug-likeness (QED) is 0.104. The first kappa shape index (κ1) is 30.2. The molecular weight excluding hydrogens is 652 g/mol. The molecule has 3 aliphatic rings. The molecule has 2 unspecified atom stereocenters. The number of aromatic nitrogens is 9. The van der Waals surface area contributed by atoms with Crippen molar-refractivity contribution in [1.29, 1.82) is 0 Å². The number of fused-ring (bicyclic) bond motifs is 5. The average molecular weight is 675 g/mol. The van der Waals surface area contributed by atoms with Gasteiger partial charge in [0.1, 0.15) is 36.3 Å². The molecule has 4 aromatic heterocycles. The van der Waals surface area contributed by atoms with Crippen molar-refractivity contribution in [3.63, 3.8) is 0 Å². The van der Waals surface area contributed by atoms with Gasteiger partial charge in [-0.25, -0.2) is 15.0 Å². The van der Waals surface area contributed by atoms with Crippen LogP contribution in [0.15, 0.2) is 17.4 Å². The minimum atomic E-state index is -4.88. The number of aliphatic hydroxyl groups excluding tert-OH is 2. The number of anilines is 2. The Morgan fingerprint density at radius 1 is 0.889 bits per heavy atom. The van der Waals surface area contributed by atoms with E-state index in [9.17, 15) is 33.9 Å². The summed E-state index contributed by atoms with van der Waals surface area (Å²) in [5, 5.41) is 29.5. The molecule has 0 spiro atoms. The molecule has 45 heavy (non-hydrogen) atoms. The molecule has 24 nitrogen and oxygen atoms in total. The van der Waals surface area contributed by atoms with Gasteiger partial charge in [0, 0.05) is 0 Å². The third-order valence-electron chi connectivity index (χ3n) is 6.97. The summed E-state index contributed by atoms with van der Waals surface area (Å²) in [6, 6.07) is 0. The van der Waals surface area contributed by atoms with Crippen LogP contribution in [0.2, 0.25) is 0 Å². The van der Waals surface area contributed by atoms with E-state index in [1.54, 1.807) is 0 Å². The lowest BCUT2D eigenvalue weighted by Gasteiger charge is -2.25. The fourth-order valence-electron chi connectivity index (χ4n) is 5.02. The number of ether oxygens (including phenoxy) is 4. The number of nitrogens with two attached hydrogens (primary N) is 2. The molecule has 10 atom stereocenters. The summed E-state index contributed by atoms with van der Waals surface area (Å²) >= 11 is 0. The summed E-state index contributed by atoms with van der Waals surface area (Å²) in [4.78, 5) is 51.8. The SMILES string of the molecule is Nc1nc2c(nnn2[C@@H]2O[C@@H]3OCP(=O)(O)O[C@@H]4[C@@H](OCP(=O)(O)O[C@@H]2[C@@H]3O)O[C@@H](n2cnc3c(N)ncnc32)[C@@H]4O)c(=O)[nH]1. The third-order valence-corrected chi connectivity index (χ3v) is 9.07. The molecule has 4 aromatic rings. The largest absolute Gasteiger partial charge is 0.385 e. The molecule has 7 heterocycles. The summed E-state index contributed by atoms with van der Waals surface area (Å²) in [5.74, 6) is -0.299. The molecule has 242 valence electrons. The smallest absolute Gasteiger partial charge is 0.354 e. The molecule has 0 radical (unpaired) electrons. The number of hydrogen-bond acceptors (Lipinski definition) is 19. The van der Waals surface area contributed by atoms with E-state index >= 15 is 0 Å². The number of nitrogens with zero attached hydrogens (tertiary/aromatic N) is 8. The van der Waals surface area contributed by atoms with Gasteiger partial charge in [-0.1, -0.05) is 5.21 Å². The third kappa shape index (κ3) is 5.29. The van der Waals surface area contributed by atoms with Crippen LogP contribution >= 0.6 is 15.2 Å². The van der Waals surface area contributed by atoms with Gasteiger partial charge >= 0.3 is 15.2 Å². The zero-order valence-corrected chi connectivity index (χ0v) is 24.1. The normalized spacial score (nSPS) is 37.7. The maximum atomic E-state index is 13.3. The van der Waals surface area contributed by atoms with E-state index < -0.39 is 82.9 Å². The molecule has 2 bridgehead atoms. The minimum absolute atomic E-state index is 0.0268. The van der Waals surface area contributed by atoms with E-state index in [0.29, 0.717) is 0 Å². The summed E-state index contributed by atoms with van der Waals surface area (Å²) in [7, 11) is -9.71. The molecule has 7 rings (SSSR count). The highest BCUT2D eigenvalue weighted by molar-refractivity contribution is 7.52. The fourth-order valence-corrected chi connectivity index (χ4v) is 7.03. The van der Waals surface area contributed by atoms with Gasteiger partial charge in [0.2, 0.25) is 5.95 Å². The van der Waals surface area contributed by atoms with Crippen molar-refractivity contribution in [2.45, 2.75) is 49.5 Å². The summed E-state index contributed by atoms with van der Waals surface area (Å²) in [5.41, 5.74) is 10.4. The number of aromatic amines is 1. The Hall–Kier alpha value is -3.51. The van der Waals surface area contributed by atoms with Crippen LogP contribution in [-0.4, -0.2) is 114 Å². The van der Waals surface area contributed by atoms with Crippen LogP contribution in [0, 0.1) is 0 Å². The molecule has 26 heteroatoms. The Labute approximate surface area is 247 Å². The average Bonchev–Trinajstić information content (AvgIpc) is 3.72. The van der Waals surface area contributed by atoms with E-state index in [1.807, 2.05) is 0 Å². The molecule has 3 saturated heterocycles. The molecule has 0 saturated carbocycles. The Kier molecular flexibility index (Phi) is 7.23. The van der Waals surface area contributed by atoms with Crippen LogP contribution < -0.4 is 17.0 Å². The lowest BCUT2D eigenvalue weighted by molar-refractivity contribution is -0.175. The number of nitrogens with one attached hydrogen (secondary N) is 1. The molecule has 0 amide bonds. The van der Waals surface area contributed by atoms with Crippen molar-refractivity contribution in [1.82, 2.24) is 44.5 Å². The monoisotopic (exact) mass is 675 g/mol. The summed E-state index contributed by atoms with van der Waals surface area (Å²) < 4.78 is 61.3. The molecular formula is C19H23N11O13P2. The van der Waals surface area contributed by atoms with Gasteiger partial charge in [0.25, 0.3) is 5.56 Å². The van der Waals surface area contributed by atoms with Crippen molar-refractivity contribution < 1.29 is 57.1 Å². The second-order valence-electron chi connectivity index (χ2n) is 10.0. The van der Waals surface area contributed by atoms with Gasteiger partial charge in [0.15, 0.2) is 60.4 Å². The van der Waals surface area contributed by atoms with Gasteiger partial charge < -0.3 is 50.4 Å². The Balaban J connectivity index is 1.21. The zero-order chi connectivity index (χ0) is 31.8. The van der Waals surface area contributed by atoms with Crippen LogP contribution in [0.5, 0.6) is 0 Å². The number of aliphatic hydroxyl groups is 2. The van der Waals surface area contributed by atoms with Crippen molar-refractivity contribution >= 4 is 49.3 Å². The van der Waals surface area contributed by atoms with Crippen LogP contribution in [0.1, 0.15) is 12.5 Å². The molecule has 0 aliphatic carbocycles. The van der Waals surface area contributed by atoms with Crippen molar-refractivity contribution in [3.05, 3.63) is 23.0 Å². The van der Waals surface area contributed by atoms with Crippen LogP contribution in [0.3, 0.4) is 0 Å². The molecule has 3 fully saturated rings. The first-order chi connectivity index (χ1) is 21.3. The number of rotatable bonds is 2. The predicted octanol–water partition coefficient (Wildman–Crippen LogP) is -2.95. The number of hydrogen-bond donors (Lipinski definition) is 7. The minimum Gasteiger partial charge on any atom is -0.385 e. The summed E-state index contributed by atoms with van der Waals surface area (Å²) in [6.07, 6.45) is -13.6. The highest BCUT2D eigenvalue weighted by Crippen LogP contribution is 2.53. The Morgan fingerprint density at radius 2 is 1.58 bits per heavy atom. The Bertz CT molecular complexity index is 1940. The zero-order valence-electron chi connectivity index (χ0n) is 22.3. The fraction of sp³-hybridized carbons (Fsp3) is 0.526. The van der Waals surface area contributed by atoms with E-state index in [1.165, 1.54) is 10.9 Å².